The molecule has 114 valence electrons. The van der Waals surface area contributed by atoms with E-state index in [4.69, 9.17) is 4.74 Å². The highest BCUT2D eigenvalue weighted by molar-refractivity contribution is 7.08. The zero-order chi connectivity index (χ0) is 15.2. The molecular formula is C18H25NOS. The van der Waals surface area contributed by atoms with Gasteiger partial charge in [-0.25, -0.2) is 0 Å². The summed E-state index contributed by atoms with van der Waals surface area (Å²) < 4.78 is 5.53. The zero-order valence-corrected chi connectivity index (χ0v) is 14.2. The smallest absolute Gasteiger partial charge is 0.122 e. The zero-order valence-electron chi connectivity index (χ0n) is 13.4. The quantitative estimate of drug-likeness (QED) is 0.803. The van der Waals surface area contributed by atoms with Crippen LogP contribution < -0.4 is 10.1 Å². The Morgan fingerprint density at radius 1 is 1.24 bits per heavy atom. The van der Waals surface area contributed by atoms with E-state index in [1.807, 2.05) is 0 Å². The maximum atomic E-state index is 5.53. The van der Waals surface area contributed by atoms with Crippen LogP contribution in [0.5, 0.6) is 5.75 Å². The molecule has 1 atom stereocenters. The molecule has 1 N–H and O–H groups in total. The van der Waals surface area contributed by atoms with Crippen molar-refractivity contribution in [1.29, 1.82) is 0 Å². The normalized spacial score (nSPS) is 12.4. The van der Waals surface area contributed by atoms with E-state index in [0.29, 0.717) is 6.04 Å². The second kappa shape index (κ2) is 7.62. The minimum Gasteiger partial charge on any atom is -0.496 e. The third-order valence-electron chi connectivity index (χ3n) is 3.77. The number of benzene rings is 1. The van der Waals surface area contributed by atoms with Crippen LogP contribution in [0.25, 0.3) is 0 Å². The van der Waals surface area contributed by atoms with E-state index < -0.39 is 0 Å². The Labute approximate surface area is 132 Å². The predicted molar refractivity (Wildman–Crippen MR) is 91.5 cm³/mol. The Kier molecular flexibility index (Phi) is 5.83. The molecule has 0 fully saturated rings. The van der Waals surface area contributed by atoms with Gasteiger partial charge in [-0.15, -0.1) is 0 Å². The van der Waals surface area contributed by atoms with Crippen LogP contribution >= 0.6 is 11.3 Å². The van der Waals surface area contributed by atoms with E-state index in [2.05, 4.69) is 55.0 Å². The number of thiophene rings is 1. The second-order valence-electron chi connectivity index (χ2n) is 5.54. The molecule has 0 spiro atoms. The van der Waals surface area contributed by atoms with Gasteiger partial charge in [0.1, 0.15) is 5.75 Å². The van der Waals surface area contributed by atoms with Gasteiger partial charge in [-0.1, -0.05) is 24.6 Å². The van der Waals surface area contributed by atoms with Gasteiger partial charge < -0.3 is 10.1 Å². The molecule has 1 aromatic carbocycles. The summed E-state index contributed by atoms with van der Waals surface area (Å²) >= 11 is 1.78. The fourth-order valence-electron chi connectivity index (χ4n) is 2.62. The first-order valence-corrected chi connectivity index (χ1v) is 8.49. The SMILES string of the molecule is CCCNC(Cc1cc(C)ccc1OC)c1cscc1C. The van der Waals surface area contributed by atoms with Crippen molar-refractivity contribution in [3.8, 4) is 5.75 Å². The number of methoxy groups -OCH3 is 1. The number of ether oxygens (including phenoxy) is 1. The summed E-state index contributed by atoms with van der Waals surface area (Å²) in [6.07, 6.45) is 2.10. The maximum absolute atomic E-state index is 5.53. The van der Waals surface area contributed by atoms with E-state index >= 15 is 0 Å². The number of aryl methyl sites for hydroxylation is 2. The summed E-state index contributed by atoms with van der Waals surface area (Å²) in [4.78, 5) is 0. The Morgan fingerprint density at radius 3 is 2.67 bits per heavy atom. The van der Waals surface area contributed by atoms with E-state index in [1.54, 1.807) is 18.4 Å². The maximum Gasteiger partial charge on any atom is 0.122 e. The average molecular weight is 303 g/mol. The molecule has 3 heteroatoms. The molecular weight excluding hydrogens is 278 g/mol. The van der Waals surface area contributed by atoms with Crippen molar-refractivity contribution < 1.29 is 4.74 Å². The Bertz CT molecular complexity index is 576. The minimum absolute atomic E-state index is 0.354. The summed E-state index contributed by atoms with van der Waals surface area (Å²) in [5.41, 5.74) is 5.34. The van der Waals surface area contributed by atoms with Crippen LogP contribution in [0, 0.1) is 13.8 Å². The van der Waals surface area contributed by atoms with E-state index in [0.717, 1.165) is 25.1 Å². The standard InChI is InChI=1S/C18H25NOS/c1-5-8-19-17(16-12-21-11-14(16)3)10-15-9-13(2)6-7-18(15)20-4/h6-7,9,11-12,17,19H,5,8,10H2,1-4H3. The summed E-state index contributed by atoms with van der Waals surface area (Å²) in [6.45, 7) is 7.57. The van der Waals surface area contributed by atoms with Crippen LogP contribution in [0.4, 0.5) is 0 Å². The molecule has 0 aliphatic rings. The first-order chi connectivity index (χ1) is 10.2. The largest absolute Gasteiger partial charge is 0.496 e. The second-order valence-corrected chi connectivity index (χ2v) is 6.28. The molecule has 1 aromatic heterocycles. The van der Waals surface area contributed by atoms with Crippen molar-refractivity contribution in [1.82, 2.24) is 5.32 Å². The minimum atomic E-state index is 0.354. The van der Waals surface area contributed by atoms with Crippen LogP contribution in [-0.2, 0) is 6.42 Å². The number of nitrogens with one attached hydrogen (secondary N) is 1. The van der Waals surface area contributed by atoms with E-state index in [-0.39, 0.29) is 0 Å². The molecule has 0 bridgehead atoms. The lowest BCUT2D eigenvalue weighted by Crippen LogP contribution is -2.24. The number of hydrogen-bond acceptors (Lipinski definition) is 3. The Balaban J connectivity index is 2.26. The van der Waals surface area contributed by atoms with Gasteiger partial charge in [0, 0.05) is 6.04 Å². The Morgan fingerprint density at radius 2 is 2.05 bits per heavy atom. The van der Waals surface area contributed by atoms with Crippen molar-refractivity contribution in [2.75, 3.05) is 13.7 Å². The van der Waals surface area contributed by atoms with Gasteiger partial charge in [-0.3, -0.25) is 0 Å². The summed E-state index contributed by atoms with van der Waals surface area (Å²) in [5.74, 6) is 0.983. The molecule has 1 heterocycles. The lowest BCUT2D eigenvalue weighted by molar-refractivity contribution is 0.405. The first-order valence-electron chi connectivity index (χ1n) is 7.55. The van der Waals surface area contributed by atoms with Crippen molar-refractivity contribution in [2.24, 2.45) is 0 Å². The van der Waals surface area contributed by atoms with Crippen LogP contribution in [0.2, 0.25) is 0 Å². The highest BCUT2D eigenvalue weighted by Crippen LogP contribution is 2.29. The van der Waals surface area contributed by atoms with Gasteiger partial charge in [0.05, 0.1) is 7.11 Å². The van der Waals surface area contributed by atoms with Crippen LogP contribution in [0.1, 0.15) is 41.6 Å². The van der Waals surface area contributed by atoms with Crippen molar-refractivity contribution in [3.63, 3.8) is 0 Å². The molecule has 0 radical (unpaired) electrons. The predicted octanol–water partition coefficient (Wildman–Crippen LogP) is 4.66. The van der Waals surface area contributed by atoms with Crippen LogP contribution in [0.3, 0.4) is 0 Å². The molecule has 0 aliphatic heterocycles. The highest BCUT2D eigenvalue weighted by Gasteiger charge is 2.17. The third-order valence-corrected chi connectivity index (χ3v) is 4.65. The van der Waals surface area contributed by atoms with E-state index in [9.17, 15) is 0 Å². The highest BCUT2D eigenvalue weighted by atomic mass is 32.1. The van der Waals surface area contributed by atoms with E-state index in [1.165, 1.54) is 22.3 Å². The first kappa shape index (κ1) is 16.1. The van der Waals surface area contributed by atoms with Gasteiger partial charge >= 0.3 is 0 Å². The van der Waals surface area contributed by atoms with Crippen molar-refractivity contribution >= 4 is 11.3 Å². The molecule has 1 unspecified atom stereocenters. The van der Waals surface area contributed by atoms with Crippen LogP contribution in [-0.4, -0.2) is 13.7 Å². The van der Waals surface area contributed by atoms with Crippen molar-refractivity contribution in [3.05, 3.63) is 51.2 Å². The summed E-state index contributed by atoms with van der Waals surface area (Å²) in [7, 11) is 1.75. The van der Waals surface area contributed by atoms with Crippen LogP contribution in [0.15, 0.2) is 29.0 Å². The molecule has 2 rings (SSSR count). The van der Waals surface area contributed by atoms with Gasteiger partial charge in [0.25, 0.3) is 0 Å². The molecule has 21 heavy (non-hydrogen) atoms. The van der Waals surface area contributed by atoms with Gasteiger partial charge in [-0.2, -0.15) is 11.3 Å². The van der Waals surface area contributed by atoms with Gasteiger partial charge in [0.15, 0.2) is 0 Å². The molecule has 0 saturated heterocycles. The summed E-state index contributed by atoms with van der Waals surface area (Å²) in [6, 6.07) is 6.77. The Hall–Kier alpha value is -1.32. The molecule has 0 aliphatic carbocycles. The third kappa shape index (κ3) is 4.08. The fourth-order valence-corrected chi connectivity index (χ4v) is 3.53. The van der Waals surface area contributed by atoms with Gasteiger partial charge in [-0.05, 0) is 66.8 Å². The topological polar surface area (TPSA) is 21.3 Å². The molecule has 2 nitrogen and oxygen atoms in total. The van der Waals surface area contributed by atoms with Gasteiger partial charge in [0.2, 0.25) is 0 Å². The molecule has 0 saturated carbocycles. The lowest BCUT2D eigenvalue weighted by Gasteiger charge is -2.20. The average Bonchev–Trinajstić information content (AvgIpc) is 2.90. The lowest BCUT2D eigenvalue weighted by atomic mass is 9.96. The number of hydrogen-bond donors (Lipinski definition) is 1. The number of rotatable bonds is 7. The molecule has 0 amide bonds. The monoisotopic (exact) mass is 303 g/mol. The molecule has 2 aromatic rings. The fraction of sp³-hybridized carbons (Fsp3) is 0.444. The van der Waals surface area contributed by atoms with Crippen molar-refractivity contribution in [2.45, 2.75) is 39.7 Å². The summed E-state index contributed by atoms with van der Waals surface area (Å²) in [5, 5.41) is 8.18.